The summed E-state index contributed by atoms with van der Waals surface area (Å²) in [7, 11) is 0. The van der Waals surface area contributed by atoms with Crippen molar-refractivity contribution in [1.29, 1.82) is 0 Å². The summed E-state index contributed by atoms with van der Waals surface area (Å²) in [6.45, 7) is 4.13. The third kappa shape index (κ3) is 2.76. The Labute approximate surface area is 104 Å². The van der Waals surface area contributed by atoms with Crippen LogP contribution in [0.15, 0.2) is 21.6 Å². The van der Waals surface area contributed by atoms with E-state index in [1.54, 1.807) is 0 Å². The van der Waals surface area contributed by atoms with Gasteiger partial charge in [-0.15, -0.1) is 0 Å². The number of halogens is 1. The molecule has 0 unspecified atom stereocenters. The number of nitrogens with two attached hydrogens (primary N) is 1. The predicted octanol–water partition coefficient (Wildman–Crippen LogP) is 2.95. The highest BCUT2D eigenvalue weighted by molar-refractivity contribution is 9.10. The zero-order valence-electron chi connectivity index (χ0n) is 9.55. The monoisotopic (exact) mass is 281 g/mol. The highest BCUT2D eigenvalue weighted by Crippen LogP contribution is 2.28. The van der Waals surface area contributed by atoms with E-state index in [0.29, 0.717) is 12.0 Å². The van der Waals surface area contributed by atoms with E-state index in [4.69, 9.17) is 5.73 Å². The van der Waals surface area contributed by atoms with Gasteiger partial charge < -0.3 is 11.1 Å². The lowest BCUT2D eigenvalue weighted by Gasteiger charge is -2.12. The molecular formula is C12H16BrN3. The van der Waals surface area contributed by atoms with Crippen molar-refractivity contribution < 1.29 is 0 Å². The maximum Gasteiger partial charge on any atom is 0.193 e. The van der Waals surface area contributed by atoms with Gasteiger partial charge in [0.1, 0.15) is 0 Å². The number of hydrogen-bond donors (Lipinski definition) is 2. The normalized spacial score (nSPS) is 16.3. The average Bonchev–Trinajstić information content (AvgIpc) is 2.95. The van der Waals surface area contributed by atoms with Gasteiger partial charge in [-0.3, -0.25) is 0 Å². The van der Waals surface area contributed by atoms with Crippen LogP contribution in [-0.2, 0) is 0 Å². The summed E-state index contributed by atoms with van der Waals surface area (Å²) in [6, 6.07) is 4.63. The Bertz CT molecular complexity index is 413. The van der Waals surface area contributed by atoms with Crippen molar-refractivity contribution in [3.8, 4) is 0 Å². The predicted molar refractivity (Wildman–Crippen MR) is 71.9 cm³/mol. The molecule has 0 saturated heterocycles. The fourth-order valence-corrected chi connectivity index (χ4v) is 2.41. The zero-order valence-corrected chi connectivity index (χ0v) is 11.1. The van der Waals surface area contributed by atoms with Crippen LogP contribution in [0.25, 0.3) is 0 Å². The second-order valence-corrected chi connectivity index (χ2v) is 5.16. The number of anilines is 1. The molecule has 4 heteroatoms. The van der Waals surface area contributed by atoms with Gasteiger partial charge in [0.05, 0.1) is 11.7 Å². The van der Waals surface area contributed by atoms with Crippen LogP contribution in [0.1, 0.15) is 24.0 Å². The van der Waals surface area contributed by atoms with Crippen molar-refractivity contribution in [2.24, 2.45) is 10.7 Å². The van der Waals surface area contributed by atoms with Gasteiger partial charge in [-0.25, -0.2) is 4.99 Å². The molecule has 0 radical (unpaired) electrons. The Balaban J connectivity index is 2.20. The van der Waals surface area contributed by atoms with Crippen molar-refractivity contribution >= 4 is 27.6 Å². The summed E-state index contributed by atoms with van der Waals surface area (Å²) in [4.78, 5) is 4.35. The summed E-state index contributed by atoms with van der Waals surface area (Å²) < 4.78 is 1.03. The number of hydrogen-bond acceptors (Lipinski definition) is 1. The lowest BCUT2D eigenvalue weighted by Crippen LogP contribution is -2.23. The highest BCUT2D eigenvalue weighted by Gasteiger charge is 2.20. The molecule has 0 bridgehead atoms. The van der Waals surface area contributed by atoms with Crippen LogP contribution in [0, 0.1) is 13.8 Å². The largest absolute Gasteiger partial charge is 0.370 e. The molecule has 16 heavy (non-hydrogen) atoms. The van der Waals surface area contributed by atoms with E-state index < -0.39 is 0 Å². The minimum absolute atomic E-state index is 0.442. The first-order valence-electron chi connectivity index (χ1n) is 5.43. The van der Waals surface area contributed by atoms with Gasteiger partial charge in [-0.05, 0) is 59.8 Å². The number of rotatable bonds is 2. The first-order valence-corrected chi connectivity index (χ1v) is 6.22. The molecule has 0 spiro atoms. The number of benzene rings is 1. The SMILES string of the molecule is Cc1cc(C)c(NC(N)=NC2CC2)c(Br)c1. The summed E-state index contributed by atoms with van der Waals surface area (Å²) in [5.41, 5.74) is 9.24. The maximum absolute atomic E-state index is 5.84. The van der Waals surface area contributed by atoms with Crippen LogP contribution < -0.4 is 11.1 Å². The van der Waals surface area contributed by atoms with E-state index in [0.717, 1.165) is 23.0 Å². The number of nitrogens with zero attached hydrogens (tertiary/aromatic N) is 1. The summed E-state index contributed by atoms with van der Waals surface area (Å²) in [5.74, 6) is 0.509. The van der Waals surface area contributed by atoms with Gasteiger partial charge in [0.2, 0.25) is 0 Å². The second-order valence-electron chi connectivity index (χ2n) is 4.31. The van der Waals surface area contributed by atoms with Crippen molar-refractivity contribution in [1.82, 2.24) is 0 Å². The van der Waals surface area contributed by atoms with Crippen LogP contribution >= 0.6 is 15.9 Å². The molecule has 1 saturated carbocycles. The molecule has 0 amide bonds. The molecule has 1 fully saturated rings. The standard InChI is InChI=1S/C12H16BrN3/c1-7-5-8(2)11(10(13)6-7)16-12(14)15-9-3-4-9/h5-6,9H,3-4H2,1-2H3,(H3,14,15,16). The first kappa shape index (κ1) is 11.5. The fraction of sp³-hybridized carbons (Fsp3) is 0.417. The molecule has 1 aliphatic rings. The van der Waals surface area contributed by atoms with Gasteiger partial charge in [0.25, 0.3) is 0 Å². The van der Waals surface area contributed by atoms with E-state index in [9.17, 15) is 0 Å². The van der Waals surface area contributed by atoms with Gasteiger partial charge in [-0.2, -0.15) is 0 Å². The smallest absolute Gasteiger partial charge is 0.193 e. The van der Waals surface area contributed by atoms with Crippen LogP contribution in [0.4, 0.5) is 5.69 Å². The zero-order chi connectivity index (χ0) is 11.7. The maximum atomic E-state index is 5.84. The van der Waals surface area contributed by atoms with Crippen molar-refractivity contribution in [3.05, 3.63) is 27.7 Å². The number of guanidine groups is 1. The van der Waals surface area contributed by atoms with Gasteiger partial charge in [-0.1, -0.05) is 6.07 Å². The molecule has 2 rings (SSSR count). The summed E-state index contributed by atoms with van der Waals surface area (Å²) in [5, 5.41) is 3.16. The van der Waals surface area contributed by atoms with E-state index in [2.05, 4.69) is 52.2 Å². The minimum Gasteiger partial charge on any atom is -0.370 e. The molecule has 1 aromatic rings. The fourth-order valence-electron chi connectivity index (χ4n) is 1.63. The molecule has 86 valence electrons. The van der Waals surface area contributed by atoms with Crippen molar-refractivity contribution in [2.75, 3.05) is 5.32 Å². The van der Waals surface area contributed by atoms with E-state index in [1.165, 1.54) is 11.1 Å². The molecule has 0 heterocycles. The first-order chi connectivity index (χ1) is 7.56. The highest BCUT2D eigenvalue weighted by atomic mass is 79.9. The van der Waals surface area contributed by atoms with Crippen LogP contribution in [0.5, 0.6) is 0 Å². The Morgan fingerprint density at radius 1 is 1.44 bits per heavy atom. The Morgan fingerprint density at radius 2 is 2.12 bits per heavy atom. The second kappa shape index (κ2) is 4.45. The molecule has 3 nitrogen and oxygen atoms in total. The van der Waals surface area contributed by atoms with Crippen LogP contribution in [-0.4, -0.2) is 12.0 Å². The lowest BCUT2D eigenvalue weighted by atomic mass is 10.1. The van der Waals surface area contributed by atoms with E-state index >= 15 is 0 Å². The molecule has 3 N–H and O–H groups in total. The van der Waals surface area contributed by atoms with Crippen LogP contribution in [0.2, 0.25) is 0 Å². The molecule has 1 aliphatic carbocycles. The third-order valence-corrected chi connectivity index (χ3v) is 3.18. The summed E-state index contributed by atoms with van der Waals surface area (Å²) in [6.07, 6.45) is 2.33. The molecular weight excluding hydrogens is 266 g/mol. The van der Waals surface area contributed by atoms with E-state index in [-0.39, 0.29) is 0 Å². The van der Waals surface area contributed by atoms with E-state index in [1.807, 2.05) is 0 Å². The number of nitrogens with one attached hydrogen (secondary N) is 1. The Morgan fingerprint density at radius 3 is 2.69 bits per heavy atom. The third-order valence-electron chi connectivity index (χ3n) is 2.55. The van der Waals surface area contributed by atoms with Crippen molar-refractivity contribution in [2.45, 2.75) is 32.7 Å². The van der Waals surface area contributed by atoms with Crippen molar-refractivity contribution in [3.63, 3.8) is 0 Å². The Hall–Kier alpha value is -1.03. The van der Waals surface area contributed by atoms with Gasteiger partial charge in [0.15, 0.2) is 5.96 Å². The Kier molecular flexibility index (Phi) is 3.19. The van der Waals surface area contributed by atoms with Gasteiger partial charge in [0, 0.05) is 4.47 Å². The molecule has 0 aliphatic heterocycles. The topological polar surface area (TPSA) is 50.4 Å². The summed E-state index contributed by atoms with van der Waals surface area (Å²) >= 11 is 3.54. The quantitative estimate of drug-likeness (QED) is 0.647. The molecule has 1 aromatic carbocycles. The molecule has 0 atom stereocenters. The van der Waals surface area contributed by atoms with Crippen LogP contribution in [0.3, 0.4) is 0 Å². The number of aryl methyl sites for hydroxylation is 2. The molecule has 0 aromatic heterocycles. The minimum atomic E-state index is 0.442. The van der Waals surface area contributed by atoms with Gasteiger partial charge >= 0.3 is 0 Å². The number of aliphatic imine (C=N–C) groups is 1. The lowest BCUT2D eigenvalue weighted by molar-refractivity contribution is 1.06. The average molecular weight is 282 g/mol.